The van der Waals surface area contributed by atoms with E-state index < -0.39 is 0 Å². The molecule has 7 nitrogen and oxygen atoms in total. The molecule has 0 saturated heterocycles. The highest BCUT2D eigenvalue weighted by Crippen LogP contribution is 2.50. The quantitative estimate of drug-likeness (QED) is 0.149. The normalized spacial score (nSPS) is 12.8. The smallest absolute Gasteiger partial charge is 0.351 e. The van der Waals surface area contributed by atoms with Gasteiger partial charge in [-0.25, -0.2) is 0 Å². The fourth-order valence-electron chi connectivity index (χ4n) is 13.9. The number of hydrogen-bond acceptors (Lipinski definition) is 2. The summed E-state index contributed by atoms with van der Waals surface area (Å²) in [5, 5.41) is 7.36. The maximum atomic E-state index is 2.55. The second kappa shape index (κ2) is 17.3. The van der Waals surface area contributed by atoms with E-state index in [-0.39, 0.29) is 6.98 Å². The number of anilines is 6. The number of rotatable bonds is 7. The molecular weight excluding hydrogens is 998 g/mol. The number of nitrogens with zero attached hydrogens (tertiary/aromatic N) is 7. The van der Waals surface area contributed by atoms with Crippen molar-refractivity contribution in [2.45, 2.75) is 0 Å². The van der Waals surface area contributed by atoms with Crippen molar-refractivity contribution in [3.63, 3.8) is 0 Å². The SMILES string of the molecule is c1ccc(-c2ccc(N3c4cc(-n5c6ccccc6c6ccccc65)cc5c4B(n4cc(-n6c7ccccc7c7ccccc76)cc43)n3cc(-n4c6ccccc6c6ccccc64)cc3N5c3ccc(-c4ccccc4)cc3)cc2)cc1. The van der Waals surface area contributed by atoms with Gasteiger partial charge in [0.1, 0.15) is 11.6 Å². The third-order valence-electron chi connectivity index (χ3n) is 17.5. The maximum absolute atomic E-state index is 2.55. The van der Waals surface area contributed by atoms with Crippen molar-refractivity contribution in [3.8, 4) is 39.3 Å². The summed E-state index contributed by atoms with van der Waals surface area (Å²) < 4.78 is 12.5. The second-order valence-corrected chi connectivity index (χ2v) is 21.8. The van der Waals surface area contributed by atoms with Crippen LogP contribution in [0.4, 0.5) is 34.4 Å². The van der Waals surface area contributed by atoms with Gasteiger partial charge in [-0.15, -0.1) is 0 Å². The first-order valence-corrected chi connectivity index (χ1v) is 28.2. The lowest BCUT2D eigenvalue weighted by Crippen LogP contribution is -2.55. The van der Waals surface area contributed by atoms with Crippen LogP contribution in [-0.2, 0) is 0 Å². The third kappa shape index (κ3) is 6.43. The number of hydrogen-bond donors (Lipinski definition) is 0. The molecule has 0 unspecified atom stereocenters. The summed E-state index contributed by atoms with van der Waals surface area (Å²) >= 11 is 0. The highest BCUT2D eigenvalue weighted by atomic mass is 15.3. The molecule has 2 aliphatic heterocycles. The summed E-state index contributed by atoms with van der Waals surface area (Å²) in [6.45, 7) is -0.314. The number of para-hydroxylation sites is 6. The summed E-state index contributed by atoms with van der Waals surface area (Å²) in [5.41, 5.74) is 20.5. The number of aromatic nitrogens is 5. The molecule has 0 spiro atoms. The van der Waals surface area contributed by atoms with Crippen molar-refractivity contribution < 1.29 is 0 Å². The lowest BCUT2D eigenvalue weighted by Gasteiger charge is -2.43. The molecule has 0 radical (unpaired) electrons. The zero-order chi connectivity index (χ0) is 53.6. The average Bonchev–Trinajstić information content (AvgIpc) is 1.91. The van der Waals surface area contributed by atoms with Gasteiger partial charge in [-0.1, -0.05) is 194 Å². The molecular formula is C74H48BN7. The maximum Gasteiger partial charge on any atom is 0.426 e. The van der Waals surface area contributed by atoms with Gasteiger partial charge in [0.15, 0.2) is 0 Å². The monoisotopic (exact) mass is 1050 g/mol. The van der Waals surface area contributed by atoms with Crippen molar-refractivity contribution in [1.29, 1.82) is 0 Å². The standard InChI is InChI=1S/C74H48BN7/c1-3-19-49(20-4-1)51-35-39-53(40-36-51)81-70-43-55(78-64-29-13-7-23-58(64)59-24-8-14-30-65(59)78)44-71-74(70)75(76-47-56(45-72(76)81)79-66-31-15-9-25-60(66)61-26-10-16-32-67(61)79)77-48-57(80-68-33-17-11-27-62(68)63-28-12-18-34-69(63)80)46-73(77)82(71)54-41-37-52(38-42-54)50-21-5-2-6-22-50/h1-48H. The van der Waals surface area contributed by atoms with Crippen molar-refractivity contribution in [2.75, 3.05) is 9.80 Å². The van der Waals surface area contributed by atoms with E-state index in [1.165, 1.54) is 82.1 Å². The Morgan fingerprint density at radius 1 is 0.232 bits per heavy atom. The van der Waals surface area contributed by atoms with Gasteiger partial charge in [0.2, 0.25) is 0 Å². The molecule has 0 saturated carbocycles. The Labute approximate surface area is 473 Å². The van der Waals surface area contributed by atoms with Crippen LogP contribution in [0.3, 0.4) is 0 Å². The van der Waals surface area contributed by atoms with Gasteiger partial charge in [0, 0.05) is 73.7 Å². The van der Waals surface area contributed by atoms with E-state index >= 15 is 0 Å². The molecule has 16 aromatic rings. The Morgan fingerprint density at radius 2 is 0.512 bits per heavy atom. The molecule has 11 aromatic carbocycles. The first kappa shape index (κ1) is 45.0. The van der Waals surface area contributed by atoms with Crippen molar-refractivity contribution in [2.24, 2.45) is 0 Å². The molecule has 8 heteroatoms. The van der Waals surface area contributed by atoms with Crippen LogP contribution in [0.25, 0.3) is 105 Å². The van der Waals surface area contributed by atoms with Crippen LogP contribution in [0, 0.1) is 0 Å². The highest BCUT2D eigenvalue weighted by Gasteiger charge is 2.46. The molecule has 7 heterocycles. The fourth-order valence-corrected chi connectivity index (χ4v) is 13.9. The van der Waals surface area contributed by atoms with Gasteiger partial charge in [-0.2, -0.15) is 0 Å². The van der Waals surface area contributed by atoms with Crippen LogP contribution < -0.4 is 15.3 Å². The lowest BCUT2D eigenvalue weighted by molar-refractivity contribution is 0.996. The van der Waals surface area contributed by atoms with Gasteiger partial charge in [0.25, 0.3) is 0 Å². The zero-order valence-electron chi connectivity index (χ0n) is 44.4. The van der Waals surface area contributed by atoms with Crippen LogP contribution in [-0.4, -0.2) is 29.6 Å². The zero-order valence-corrected chi connectivity index (χ0v) is 44.4. The Hall–Kier alpha value is -11.0. The van der Waals surface area contributed by atoms with Crippen molar-refractivity contribution >= 4 is 112 Å². The van der Waals surface area contributed by atoms with E-state index in [1.807, 2.05) is 0 Å². The molecule has 0 aliphatic carbocycles. The molecule has 382 valence electrons. The number of fused-ring (bicyclic) bond motifs is 13. The molecule has 0 amide bonds. The minimum Gasteiger partial charge on any atom is -0.351 e. The molecule has 0 bridgehead atoms. The Morgan fingerprint density at radius 3 is 0.841 bits per heavy atom. The van der Waals surface area contributed by atoms with Crippen LogP contribution in [0.5, 0.6) is 0 Å². The van der Waals surface area contributed by atoms with E-state index in [1.54, 1.807) is 0 Å². The molecule has 5 aromatic heterocycles. The summed E-state index contributed by atoms with van der Waals surface area (Å²) in [7, 11) is 0. The molecule has 18 rings (SSSR count). The van der Waals surface area contributed by atoms with Crippen LogP contribution >= 0.6 is 0 Å². The van der Waals surface area contributed by atoms with Gasteiger partial charge >= 0.3 is 6.98 Å². The van der Waals surface area contributed by atoms with E-state index in [0.717, 1.165) is 62.5 Å². The highest BCUT2D eigenvalue weighted by molar-refractivity contribution is 6.76. The summed E-state index contributed by atoms with van der Waals surface area (Å²) in [6, 6.07) is 103. The van der Waals surface area contributed by atoms with Gasteiger partial charge in [0.05, 0.1) is 61.5 Å². The molecule has 2 aliphatic rings. The van der Waals surface area contributed by atoms with Gasteiger partial charge in [-0.3, -0.25) is 9.80 Å². The third-order valence-corrected chi connectivity index (χ3v) is 17.5. The van der Waals surface area contributed by atoms with Crippen molar-refractivity contribution in [1.82, 2.24) is 22.7 Å². The number of benzene rings is 11. The lowest BCUT2D eigenvalue weighted by atomic mass is 9.62. The van der Waals surface area contributed by atoms with Gasteiger partial charge < -0.3 is 22.7 Å². The van der Waals surface area contributed by atoms with Gasteiger partial charge in [-0.05, 0) is 95.1 Å². The average molecular weight is 1050 g/mol. The first-order valence-electron chi connectivity index (χ1n) is 28.2. The second-order valence-electron chi connectivity index (χ2n) is 21.8. The minimum absolute atomic E-state index is 0.314. The Bertz CT molecular complexity index is 4810. The van der Waals surface area contributed by atoms with Crippen LogP contribution in [0.15, 0.2) is 291 Å². The molecule has 0 N–H and O–H groups in total. The summed E-state index contributed by atoms with van der Waals surface area (Å²) in [4.78, 5) is 5.05. The summed E-state index contributed by atoms with van der Waals surface area (Å²) in [6.07, 6.45) is 4.82. The predicted octanol–water partition coefficient (Wildman–Crippen LogP) is 18.3. The van der Waals surface area contributed by atoms with E-state index in [2.05, 4.69) is 324 Å². The van der Waals surface area contributed by atoms with Crippen LogP contribution in [0.2, 0.25) is 0 Å². The topological polar surface area (TPSA) is 31.1 Å². The van der Waals surface area contributed by atoms with E-state index in [0.29, 0.717) is 0 Å². The Kier molecular flexibility index (Phi) is 9.47. The minimum atomic E-state index is -0.314. The van der Waals surface area contributed by atoms with E-state index in [9.17, 15) is 0 Å². The largest absolute Gasteiger partial charge is 0.426 e. The van der Waals surface area contributed by atoms with E-state index in [4.69, 9.17) is 0 Å². The molecule has 82 heavy (non-hydrogen) atoms. The molecule has 0 atom stereocenters. The van der Waals surface area contributed by atoms with Crippen molar-refractivity contribution in [3.05, 3.63) is 291 Å². The van der Waals surface area contributed by atoms with Crippen LogP contribution in [0.1, 0.15) is 0 Å². The summed E-state index contributed by atoms with van der Waals surface area (Å²) in [5.74, 6) is 2.12. The Balaban J connectivity index is 0.972. The predicted molar refractivity (Wildman–Crippen MR) is 342 cm³/mol. The first-order chi connectivity index (χ1) is 40.7. The molecule has 0 fully saturated rings. The fraction of sp³-hybridized carbons (Fsp3) is 0.